The van der Waals surface area contributed by atoms with E-state index in [1.54, 1.807) is 17.0 Å². The van der Waals surface area contributed by atoms with E-state index in [9.17, 15) is 9.59 Å². The van der Waals surface area contributed by atoms with E-state index in [-0.39, 0.29) is 0 Å². The van der Waals surface area contributed by atoms with Crippen molar-refractivity contribution in [1.82, 2.24) is 4.90 Å². The van der Waals surface area contributed by atoms with Crippen LogP contribution in [0.2, 0.25) is 5.02 Å². The lowest BCUT2D eigenvalue weighted by Gasteiger charge is -2.31. The number of nitrogens with zero attached hydrogens (tertiary/aromatic N) is 1. The average Bonchev–Trinajstić information content (AvgIpc) is 2.71. The van der Waals surface area contributed by atoms with E-state index in [0.29, 0.717) is 35.5 Å². The number of piperidine rings is 1. The molecule has 1 saturated heterocycles. The molecule has 5 nitrogen and oxygen atoms in total. The quantitative estimate of drug-likeness (QED) is 0.787. The van der Waals surface area contributed by atoms with Crippen LogP contribution in [0.3, 0.4) is 0 Å². The summed E-state index contributed by atoms with van der Waals surface area (Å²) in [5.41, 5.74) is 2.56. The first-order valence-electron chi connectivity index (χ1n) is 9.46. The van der Waals surface area contributed by atoms with E-state index < -0.39 is 11.8 Å². The summed E-state index contributed by atoms with van der Waals surface area (Å²) in [4.78, 5) is 26.7. The molecule has 0 spiro atoms. The monoisotopic (exact) mass is 400 g/mol. The van der Waals surface area contributed by atoms with Crippen LogP contribution in [-0.2, 0) is 16.0 Å². The highest BCUT2D eigenvalue weighted by Crippen LogP contribution is 2.31. The van der Waals surface area contributed by atoms with Crippen molar-refractivity contribution in [3.8, 4) is 5.75 Å². The van der Waals surface area contributed by atoms with Crippen molar-refractivity contribution in [2.45, 2.75) is 26.2 Å². The summed E-state index contributed by atoms with van der Waals surface area (Å²) < 4.78 is 5.25. The molecule has 1 fully saturated rings. The van der Waals surface area contributed by atoms with Gasteiger partial charge < -0.3 is 15.0 Å². The molecule has 0 saturated carbocycles. The minimum absolute atomic E-state index is 0.429. The van der Waals surface area contributed by atoms with E-state index in [1.165, 1.54) is 12.7 Å². The van der Waals surface area contributed by atoms with Crippen LogP contribution in [0.1, 0.15) is 24.0 Å². The van der Waals surface area contributed by atoms with Crippen LogP contribution in [-0.4, -0.2) is 36.9 Å². The zero-order valence-electron chi connectivity index (χ0n) is 16.2. The molecule has 0 bridgehead atoms. The van der Waals surface area contributed by atoms with Crippen LogP contribution in [0.25, 0.3) is 0 Å². The van der Waals surface area contributed by atoms with Crippen molar-refractivity contribution < 1.29 is 14.3 Å². The van der Waals surface area contributed by atoms with Crippen LogP contribution >= 0.6 is 11.6 Å². The molecular formula is C22H25ClN2O3. The molecule has 2 amide bonds. The van der Waals surface area contributed by atoms with Gasteiger partial charge in [0, 0.05) is 24.2 Å². The number of methoxy groups -OCH3 is 1. The second-order valence-electron chi connectivity index (χ2n) is 7.18. The average molecular weight is 401 g/mol. The number of benzene rings is 2. The highest BCUT2D eigenvalue weighted by atomic mass is 35.5. The summed E-state index contributed by atoms with van der Waals surface area (Å²) in [7, 11) is 1.50. The number of carbonyl (C=O) groups excluding carboxylic acids is 2. The number of aryl methyl sites for hydroxylation is 1. The Morgan fingerprint density at radius 1 is 1.18 bits per heavy atom. The molecule has 1 heterocycles. The molecule has 1 aliphatic rings. The summed E-state index contributed by atoms with van der Waals surface area (Å²) in [5, 5.41) is 3.21. The second kappa shape index (κ2) is 9.11. The van der Waals surface area contributed by atoms with Gasteiger partial charge >= 0.3 is 11.8 Å². The topological polar surface area (TPSA) is 58.6 Å². The fraction of sp³-hybridized carbons (Fsp3) is 0.364. The van der Waals surface area contributed by atoms with E-state index in [0.717, 1.165) is 24.8 Å². The normalized spacial score (nSPS) is 14.6. The lowest BCUT2D eigenvalue weighted by molar-refractivity contribution is -0.144. The number of hydrogen-bond acceptors (Lipinski definition) is 3. The van der Waals surface area contributed by atoms with Crippen LogP contribution in [0.4, 0.5) is 5.69 Å². The number of anilines is 1. The van der Waals surface area contributed by atoms with Gasteiger partial charge in [-0.25, -0.2) is 0 Å². The first-order chi connectivity index (χ1) is 13.5. The van der Waals surface area contributed by atoms with Gasteiger partial charge in [-0.05, 0) is 49.3 Å². The third-order valence-corrected chi connectivity index (χ3v) is 5.60. The molecule has 1 N–H and O–H groups in total. The van der Waals surface area contributed by atoms with Crippen molar-refractivity contribution in [2.75, 3.05) is 25.5 Å². The Bertz CT molecular complexity index is 846. The van der Waals surface area contributed by atoms with Gasteiger partial charge in [-0.15, -0.1) is 0 Å². The maximum absolute atomic E-state index is 12.6. The Morgan fingerprint density at radius 2 is 1.86 bits per heavy atom. The Hall–Kier alpha value is -2.53. The van der Waals surface area contributed by atoms with E-state index in [1.807, 2.05) is 25.1 Å². The zero-order valence-corrected chi connectivity index (χ0v) is 17.0. The van der Waals surface area contributed by atoms with Crippen molar-refractivity contribution in [3.05, 3.63) is 58.6 Å². The van der Waals surface area contributed by atoms with Gasteiger partial charge in [-0.1, -0.05) is 41.9 Å². The molecule has 3 rings (SSSR count). The first-order valence-corrected chi connectivity index (χ1v) is 9.84. The minimum Gasteiger partial charge on any atom is -0.495 e. The van der Waals surface area contributed by atoms with Gasteiger partial charge in [0.05, 0.1) is 12.8 Å². The molecule has 2 aromatic rings. The molecule has 28 heavy (non-hydrogen) atoms. The lowest BCUT2D eigenvalue weighted by atomic mass is 9.90. The molecule has 0 aliphatic carbocycles. The number of rotatable bonds is 4. The number of nitrogens with one attached hydrogen (secondary N) is 1. The lowest BCUT2D eigenvalue weighted by Crippen LogP contribution is -2.44. The first kappa shape index (κ1) is 20.2. The summed E-state index contributed by atoms with van der Waals surface area (Å²) in [6, 6.07) is 13.7. The molecule has 0 atom stereocenters. The SMILES string of the molecule is COc1cc(Cl)c(C)cc1NC(=O)C(=O)N1CCC(Cc2ccccc2)CC1. The van der Waals surface area contributed by atoms with Crippen molar-refractivity contribution in [2.24, 2.45) is 5.92 Å². The number of hydrogen-bond donors (Lipinski definition) is 1. The molecular weight excluding hydrogens is 376 g/mol. The fourth-order valence-corrected chi connectivity index (χ4v) is 3.69. The molecule has 0 radical (unpaired) electrons. The third-order valence-electron chi connectivity index (χ3n) is 5.19. The van der Waals surface area contributed by atoms with Gasteiger partial charge in [0.25, 0.3) is 0 Å². The summed E-state index contributed by atoms with van der Waals surface area (Å²) in [6.45, 7) is 3.03. The maximum atomic E-state index is 12.6. The van der Waals surface area contributed by atoms with E-state index in [2.05, 4.69) is 17.4 Å². The van der Waals surface area contributed by atoms with Gasteiger partial charge in [0.1, 0.15) is 5.75 Å². The molecule has 0 aromatic heterocycles. The minimum atomic E-state index is -0.651. The van der Waals surface area contributed by atoms with Gasteiger partial charge in [-0.3, -0.25) is 9.59 Å². The van der Waals surface area contributed by atoms with Gasteiger partial charge in [-0.2, -0.15) is 0 Å². The van der Waals surface area contributed by atoms with E-state index in [4.69, 9.17) is 16.3 Å². The number of halogens is 1. The summed E-state index contributed by atoms with van der Waals surface area (Å²) in [5.74, 6) is -0.193. The predicted octanol–water partition coefficient (Wildman–Crippen LogP) is 4.08. The standard InChI is InChI=1S/C22H25ClN2O3/c1-15-12-19(20(28-2)14-18(15)23)24-21(26)22(27)25-10-8-17(9-11-25)13-16-6-4-3-5-7-16/h3-7,12,14,17H,8-11,13H2,1-2H3,(H,24,26). The van der Waals surface area contributed by atoms with Crippen molar-refractivity contribution >= 4 is 29.1 Å². The number of carbonyl (C=O) groups is 2. The maximum Gasteiger partial charge on any atom is 0.314 e. The highest BCUT2D eigenvalue weighted by Gasteiger charge is 2.27. The molecule has 6 heteroatoms. The van der Waals surface area contributed by atoms with E-state index >= 15 is 0 Å². The molecule has 148 valence electrons. The van der Waals surface area contributed by atoms with Crippen molar-refractivity contribution in [1.29, 1.82) is 0 Å². The molecule has 0 unspecified atom stereocenters. The third kappa shape index (κ3) is 4.84. The van der Waals surface area contributed by atoms with Gasteiger partial charge in [0.2, 0.25) is 0 Å². The fourth-order valence-electron chi connectivity index (χ4n) is 3.54. The molecule has 1 aliphatic heterocycles. The highest BCUT2D eigenvalue weighted by molar-refractivity contribution is 6.39. The predicted molar refractivity (Wildman–Crippen MR) is 111 cm³/mol. The van der Waals surface area contributed by atoms with Crippen LogP contribution in [0.5, 0.6) is 5.75 Å². The van der Waals surface area contributed by atoms with Gasteiger partial charge in [0.15, 0.2) is 0 Å². The Morgan fingerprint density at radius 3 is 2.50 bits per heavy atom. The van der Waals surface area contributed by atoms with Crippen LogP contribution in [0.15, 0.2) is 42.5 Å². The zero-order chi connectivity index (χ0) is 20.1. The summed E-state index contributed by atoms with van der Waals surface area (Å²) >= 11 is 6.09. The van der Waals surface area contributed by atoms with Crippen LogP contribution in [0, 0.1) is 12.8 Å². The summed E-state index contributed by atoms with van der Waals surface area (Å²) in [6.07, 6.45) is 2.81. The number of amides is 2. The Labute approximate surface area is 170 Å². The van der Waals surface area contributed by atoms with Crippen LogP contribution < -0.4 is 10.1 Å². The number of ether oxygens (including phenoxy) is 1. The number of likely N-dealkylation sites (tertiary alicyclic amines) is 1. The van der Waals surface area contributed by atoms with Crippen molar-refractivity contribution in [3.63, 3.8) is 0 Å². The second-order valence-corrected chi connectivity index (χ2v) is 7.59. The largest absolute Gasteiger partial charge is 0.495 e. The Balaban J connectivity index is 1.56. The molecule has 2 aromatic carbocycles. The Kier molecular flexibility index (Phi) is 6.57. The smallest absolute Gasteiger partial charge is 0.314 e.